The lowest BCUT2D eigenvalue weighted by atomic mass is 9.75. The van der Waals surface area contributed by atoms with Crippen molar-refractivity contribution in [3.8, 4) is 16.9 Å². The zero-order valence-corrected chi connectivity index (χ0v) is 22.9. The first-order chi connectivity index (χ1) is 17.6. The molecule has 0 spiro atoms. The fourth-order valence-electron chi connectivity index (χ4n) is 6.66. The Labute approximate surface area is 221 Å². The molecule has 0 aromatic heterocycles. The lowest BCUT2D eigenvalue weighted by molar-refractivity contribution is -0.120. The summed E-state index contributed by atoms with van der Waals surface area (Å²) in [6.45, 7) is 10.9. The van der Waals surface area contributed by atoms with E-state index in [4.69, 9.17) is 4.74 Å². The van der Waals surface area contributed by atoms with E-state index in [1.54, 1.807) is 13.0 Å². The first-order valence-electron chi connectivity index (χ1n) is 13.8. The van der Waals surface area contributed by atoms with Gasteiger partial charge in [-0.05, 0) is 109 Å². The minimum Gasteiger partial charge on any atom is -0.489 e. The molecule has 3 atom stereocenters. The number of carbonyl (C=O) groups is 1. The van der Waals surface area contributed by atoms with Gasteiger partial charge in [-0.3, -0.25) is 4.79 Å². The normalized spacial score (nSPS) is 21.0. The smallest absolute Gasteiger partial charge is 0.133 e. The number of carbonyl (C=O) groups excluding carboxylic acids is 1. The summed E-state index contributed by atoms with van der Waals surface area (Å²) in [5.41, 5.74) is 7.87. The third kappa shape index (κ3) is 5.10. The molecular formula is C34H39FO2. The van der Waals surface area contributed by atoms with Gasteiger partial charge in [-0.2, -0.15) is 0 Å². The largest absolute Gasteiger partial charge is 0.489 e. The molecule has 2 aliphatic carbocycles. The Kier molecular flexibility index (Phi) is 7.00. The number of benzene rings is 3. The maximum absolute atomic E-state index is 15.0. The van der Waals surface area contributed by atoms with E-state index in [1.807, 2.05) is 26.0 Å². The van der Waals surface area contributed by atoms with Gasteiger partial charge in [-0.25, -0.2) is 4.39 Å². The van der Waals surface area contributed by atoms with E-state index in [0.29, 0.717) is 18.1 Å². The van der Waals surface area contributed by atoms with E-state index >= 15 is 0 Å². The highest BCUT2D eigenvalue weighted by atomic mass is 19.1. The molecule has 194 valence electrons. The van der Waals surface area contributed by atoms with Crippen molar-refractivity contribution >= 4 is 5.78 Å². The highest BCUT2D eigenvalue weighted by Gasteiger charge is 2.37. The van der Waals surface area contributed by atoms with Gasteiger partial charge in [-0.1, -0.05) is 63.1 Å². The Morgan fingerprint density at radius 1 is 1.03 bits per heavy atom. The number of hydrogen-bond donors (Lipinski definition) is 0. The molecule has 1 fully saturated rings. The highest BCUT2D eigenvalue weighted by molar-refractivity contribution is 5.79. The summed E-state index contributed by atoms with van der Waals surface area (Å²) in [6.07, 6.45) is 5.55. The third-order valence-corrected chi connectivity index (χ3v) is 9.05. The Bertz CT molecular complexity index is 1320. The molecular weight excluding hydrogens is 459 g/mol. The van der Waals surface area contributed by atoms with Gasteiger partial charge >= 0.3 is 0 Å². The van der Waals surface area contributed by atoms with Gasteiger partial charge in [0.05, 0.1) is 0 Å². The van der Waals surface area contributed by atoms with Crippen molar-refractivity contribution in [3.05, 3.63) is 88.2 Å². The molecule has 37 heavy (non-hydrogen) atoms. The molecule has 0 bridgehead atoms. The Morgan fingerprint density at radius 3 is 2.57 bits per heavy atom. The van der Waals surface area contributed by atoms with Crippen LogP contribution in [0.2, 0.25) is 0 Å². The molecule has 3 heteroatoms. The van der Waals surface area contributed by atoms with Gasteiger partial charge in [-0.15, -0.1) is 0 Å². The Morgan fingerprint density at radius 2 is 1.84 bits per heavy atom. The summed E-state index contributed by atoms with van der Waals surface area (Å²) in [6, 6.07) is 18.2. The number of Topliss-reactive ketones (excluding diaryl/α,β-unsaturated/α-hetero) is 1. The Hall–Kier alpha value is -2.94. The summed E-state index contributed by atoms with van der Waals surface area (Å²) in [5, 5.41) is 0. The molecule has 3 aromatic rings. The number of hydrogen-bond acceptors (Lipinski definition) is 2. The van der Waals surface area contributed by atoms with Crippen molar-refractivity contribution in [3.63, 3.8) is 0 Å². The van der Waals surface area contributed by atoms with Gasteiger partial charge in [0.15, 0.2) is 0 Å². The van der Waals surface area contributed by atoms with Crippen molar-refractivity contribution in [1.29, 1.82) is 0 Å². The van der Waals surface area contributed by atoms with Crippen LogP contribution in [0, 0.1) is 24.1 Å². The number of ether oxygens (including phenoxy) is 1. The fourth-order valence-corrected chi connectivity index (χ4v) is 6.66. The van der Waals surface area contributed by atoms with E-state index in [2.05, 4.69) is 50.2 Å². The number of rotatable bonds is 7. The number of aryl methyl sites for hydroxylation is 2. The summed E-state index contributed by atoms with van der Waals surface area (Å²) in [7, 11) is 0. The molecule has 2 nitrogen and oxygen atoms in total. The fraction of sp³-hybridized carbons (Fsp3) is 0.441. The van der Waals surface area contributed by atoms with Crippen molar-refractivity contribution in [2.75, 3.05) is 0 Å². The molecule has 5 rings (SSSR count). The van der Waals surface area contributed by atoms with Gasteiger partial charge in [0, 0.05) is 11.5 Å². The number of halogens is 1. The Balaban J connectivity index is 1.44. The van der Waals surface area contributed by atoms with Crippen LogP contribution in [-0.2, 0) is 17.8 Å². The molecule has 0 heterocycles. The second-order valence-corrected chi connectivity index (χ2v) is 12.0. The molecule has 0 aliphatic heterocycles. The maximum atomic E-state index is 15.0. The zero-order chi connectivity index (χ0) is 26.3. The summed E-state index contributed by atoms with van der Waals surface area (Å²) < 4.78 is 21.3. The second kappa shape index (κ2) is 10.1. The molecule has 0 N–H and O–H groups in total. The average Bonchev–Trinajstić information content (AvgIpc) is 3.45. The van der Waals surface area contributed by atoms with Crippen molar-refractivity contribution in [2.45, 2.75) is 85.2 Å². The summed E-state index contributed by atoms with van der Waals surface area (Å²) >= 11 is 0. The van der Waals surface area contributed by atoms with Crippen LogP contribution in [0.5, 0.6) is 5.75 Å². The minimum atomic E-state index is -0.167. The molecule has 0 unspecified atom stereocenters. The number of ketones is 1. The average molecular weight is 499 g/mol. The van der Waals surface area contributed by atoms with Crippen LogP contribution in [0.4, 0.5) is 4.39 Å². The van der Waals surface area contributed by atoms with Crippen LogP contribution < -0.4 is 4.74 Å². The van der Waals surface area contributed by atoms with Crippen LogP contribution in [0.3, 0.4) is 0 Å². The first kappa shape index (κ1) is 25.7. The molecule has 0 radical (unpaired) electrons. The lowest BCUT2D eigenvalue weighted by Gasteiger charge is -2.30. The van der Waals surface area contributed by atoms with Crippen molar-refractivity contribution < 1.29 is 13.9 Å². The van der Waals surface area contributed by atoms with Gasteiger partial charge < -0.3 is 4.74 Å². The molecule has 0 amide bonds. The van der Waals surface area contributed by atoms with E-state index in [1.165, 1.54) is 29.5 Å². The zero-order valence-electron chi connectivity index (χ0n) is 22.9. The predicted molar refractivity (Wildman–Crippen MR) is 149 cm³/mol. The van der Waals surface area contributed by atoms with Crippen LogP contribution in [0.1, 0.15) is 93.0 Å². The van der Waals surface area contributed by atoms with Crippen LogP contribution >= 0.6 is 0 Å². The van der Waals surface area contributed by atoms with Crippen LogP contribution in [0.15, 0.2) is 54.6 Å². The van der Waals surface area contributed by atoms with Crippen LogP contribution in [0.25, 0.3) is 11.1 Å². The molecule has 0 saturated heterocycles. The molecule has 2 aliphatic rings. The minimum absolute atomic E-state index is 0.0309. The predicted octanol–water partition coefficient (Wildman–Crippen LogP) is 8.93. The van der Waals surface area contributed by atoms with Crippen molar-refractivity contribution in [1.82, 2.24) is 0 Å². The highest BCUT2D eigenvalue weighted by Crippen LogP contribution is 2.51. The topological polar surface area (TPSA) is 26.3 Å². The summed E-state index contributed by atoms with van der Waals surface area (Å²) in [5.74, 6) is 1.61. The van der Waals surface area contributed by atoms with Crippen molar-refractivity contribution in [2.24, 2.45) is 11.3 Å². The molecule has 3 aromatic carbocycles. The van der Waals surface area contributed by atoms with Gasteiger partial charge in [0.25, 0.3) is 0 Å². The van der Waals surface area contributed by atoms with Gasteiger partial charge in [0.1, 0.15) is 24.0 Å². The monoisotopic (exact) mass is 498 g/mol. The van der Waals surface area contributed by atoms with E-state index < -0.39 is 0 Å². The number of fused-ring (bicyclic) bond motifs is 1. The first-order valence-corrected chi connectivity index (χ1v) is 13.8. The van der Waals surface area contributed by atoms with Crippen LogP contribution in [-0.4, -0.2) is 5.78 Å². The van der Waals surface area contributed by atoms with E-state index in [-0.39, 0.29) is 28.9 Å². The molecule has 1 saturated carbocycles. The van der Waals surface area contributed by atoms with E-state index in [0.717, 1.165) is 41.7 Å². The third-order valence-electron chi connectivity index (χ3n) is 9.05. The van der Waals surface area contributed by atoms with E-state index in [9.17, 15) is 9.18 Å². The standard InChI is InChI=1S/C34H39FO2/c1-21-8-15-33(35)31(17-21)28-13-9-24(18-30(28)32-7-6-16-34(32,4)5)20-37-26-12-10-25-11-14-27(29(25)19-26)22(2)23(3)36/h8-10,12-13,15,17-19,22,27,32H,6-7,11,14,16,20H2,1-5H3/t22-,27+,32+/m0/s1. The second-order valence-electron chi connectivity index (χ2n) is 12.0. The lowest BCUT2D eigenvalue weighted by Crippen LogP contribution is -2.17. The summed E-state index contributed by atoms with van der Waals surface area (Å²) in [4.78, 5) is 12.0. The van der Waals surface area contributed by atoms with Gasteiger partial charge in [0.2, 0.25) is 0 Å². The quantitative estimate of drug-likeness (QED) is 0.325. The SMILES string of the molecule is CC(=O)[C@H](C)[C@H]1CCc2ccc(OCc3ccc(-c4cc(C)ccc4F)c([C@H]4CCCC4(C)C)c3)cc21. The maximum Gasteiger partial charge on any atom is 0.133 e.